The van der Waals surface area contributed by atoms with Crippen molar-refractivity contribution in [1.29, 1.82) is 0 Å². The van der Waals surface area contributed by atoms with Crippen LogP contribution in [0.15, 0.2) is 12.4 Å². The summed E-state index contributed by atoms with van der Waals surface area (Å²) < 4.78 is 6.45. The molecule has 0 radical (unpaired) electrons. The minimum absolute atomic E-state index is 0.299. The van der Waals surface area contributed by atoms with Crippen molar-refractivity contribution in [2.75, 3.05) is 12.4 Å². The molecule has 0 aliphatic heterocycles. The van der Waals surface area contributed by atoms with Crippen molar-refractivity contribution in [3.05, 3.63) is 16.0 Å². The van der Waals surface area contributed by atoms with E-state index < -0.39 is 0 Å². The minimum Gasteiger partial charge on any atom is -0.379 e. The van der Waals surface area contributed by atoms with E-state index in [4.69, 9.17) is 4.74 Å². The van der Waals surface area contributed by atoms with Gasteiger partial charge < -0.3 is 10.1 Å². The van der Waals surface area contributed by atoms with Crippen molar-refractivity contribution in [3.63, 3.8) is 0 Å². The maximum Gasteiger partial charge on any atom is 0.222 e. The summed E-state index contributed by atoms with van der Waals surface area (Å²) >= 11 is 2.20. The fourth-order valence-electron chi connectivity index (χ4n) is 1.93. The maximum atomic E-state index is 5.40. The smallest absolute Gasteiger partial charge is 0.222 e. The molecule has 0 saturated heterocycles. The number of anilines is 1. The first-order chi connectivity index (χ1) is 7.29. The van der Waals surface area contributed by atoms with Gasteiger partial charge in [-0.15, -0.1) is 0 Å². The first kappa shape index (κ1) is 11.1. The first-order valence-electron chi connectivity index (χ1n) is 5.06. The highest BCUT2D eigenvalue weighted by molar-refractivity contribution is 14.1. The highest BCUT2D eigenvalue weighted by Crippen LogP contribution is 2.23. The third kappa shape index (κ3) is 2.78. The summed E-state index contributed by atoms with van der Waals surface area (Å²) in [4.78, 5) is 8.45. The molecule has 2 rings (SSSR count). The van der Waals surface area contributed by atoms with Crippen molar-refractivity contribution >= 4 is 28.5 Å². The molecule has 1 aromatic rings. The zero-order chi connectivity index (χ0) is 10.7. The van der Waals surface area contributed by atoms with E-state index in [1.165, 1.54) is 6.42 Å². The molecule has 0 bridgehead atoms. The molecule has 2 atom stereocenters. The lowest BCUT2D eigenvalue weighted by Gasteiger charge is -2.19. The molecule has 1 aliphatic rings. The third-order valence-electron chi connectivity index (χ3n) is 2.69. The Morgan fingerprint density at radius 3 is 2.80 bits per heavy atom. The van der Waals surface area contributed by atoms with Gasteiger partial charge in [-0.1, -0.05) is 0 Å². The van der Waals surface area contributed by atoms with Crippen LogP contribution in [-0.4, -0.2) is 29.2 Å². The molecule has 0 spiro atoms. The molecule has 1 aromatic heterocycles. The second-order valence-electron chi connectivity index (χ2n) is 3.68. The van der Waals surface area contributed by atoms with Crippen LogP contribution in [0.2, 0.25) is 0 Å². The van der Waals surface area contributed by atoms with E-state index in [9.17, 15) is 0 Å². The summed E-state index contributed by atoms with van der Waals surface area (Å²) in [5.41, 5.74) is 0. The zero-order valence-corrected chi connectivity index (χ0v) is 10.8. The Kier molecular flexibility index (Phi) is 3.74. The summed E-state index contributed by atoms with van der Waals surface area (Å²) in [6.07, 6.45) is 7.39. The van der Waals surface area contributed by atoms with Gasteiger partial charge >= 0.3 is 0 Å². The average molecular weight is 319 g/mol. The quantitative estimate of drug-likeness (QED) is 0.867. The lowest BCUT2D eigenvalue weighted by Crippen LogP contribution is -2.30. The lowest BCUT2D eigenvalue weighted by molar-refractivity contribution is 0.101. The Hall–Kier alpha value is -0.430. The molecule has 1 heterocycles. The summed E-state index contributed by atoms with van der Waals surface area (Å²) in [5, 5.41) is 3.32. The van der Waals surface area contributed by atoms with Gasteiger partial charge in [0, 0.05) is 23.1 Å². The summed E-state index contributed by atoms with van der Waals surface area (Å²) in [5.74, 6) is 0.698. The molecule has 1 N–H and O–H groups in total. The number of hydrogen-bond acceptors (Lipinski definition) is 4. The van der Waals surface area contributed by atoms with Gasteiger partial charge in [0.1, 0.15) is 0 Å². The molecule has 1 fully saturated rings. The number of methoxy groups -OCH3 is 1. The van der Waals surface area contributed by atoms with Crippen molar-refractivity contribution < 1.29 is 4.74 Å². The van der Waals surface area contributed by atoms with Gasteiger partial charge in [0.15, 0.2) is 0 Å². The van der Waals surface area contributed by atoms with E-state index in [1.807, 2.05) is 12.4 Å². The Bertz CT molecular complexity index is 317. The number of hydrogen-bond donors (Lipinski definition) is 1. The minimum atomic E-state index is 0.299. The van der Waals surface area contributed by atoms with Gasteiger partial charge in [-0.05, 0) is 41.9 Å². The van der Waals surface area contributed by atoms with Crippen molar-refractivity contribution in [2.24, 2.45) is 0 Å². The number of ether oxygens (including phenoxy) is 1. The second-order valence-corrected chi connectivity index (χ2v) is 4.93. The first-order valence-corrected chi connectivity index (χ1v) is 6.14. The van der Waals surface area contributed by atoms with E-state index in [0.717, 1.165) is 16.4 Å². The fraction of sp³-hybridized carbons (Fsp3) is 0.600. The highest BCUT2D eigenvalue weighted by Gasteiger charge is 2.27. The van der Waals surface area contributed by atoms with Crippen LogP contribution in [0.25, 0.3) is 0 Å². The molecule has 0 aromatic carbocycles. The van der Waals surface area contributed by atoms with E-state index in [-0.39, 0.29) is 0 Å². The predicted molar refractivity (Wildman–Crippen MR) is 66.8 cm³/mol. The van der Waals surface area contributed by atoms with Gasteiger partial charge in [0.2, 0.25) is 5.95 Å². The molecule has 1 saturated carbocycles. The number of nitrogens with zero attached hydrogens (tertiary/aromatic N) is 2. The van der Waals surface area contributed by atoms with Crippen LogP contribution in [0.5, 0.6) is 0 Å². The van der Waals surface area contributed by atoms with Gasteiger partial charge in [0.05, 0.1) is 12.1 Å². The van der Waals surface area contributed by atoms with Crippen molar-refractivity contribution in [3.8, 4) is 0 Å². The Morgan fingerprint density at radius 2 is 2.13 bits per heavy atom. The van der Waals surface area contributed by atoms with Crippen LogP contribution < -0.4 is 5.32 Å². The molecule has 1 aliphatic carbocycles. The molecule has 5 heteroatoms. The number of nitrogens with one attached hydrogen (secondary N) is 1. The Balaban J connectivity index is 1.99. The van der Waals surface area contributed by atoms with Crippen LogP contribution in [0.4, 0.5) is 5.95 Å². The lowest BCUT2D eigenvalue weighted by atomic mass is 10.2. The van der Waals surface area contributed by atoms with E-state index in [1.54, 1.807) is 7.11 Å². The molecule has 4 nitrogen and oxygen atoms in total. The van der Waals surface area contributed by atoms with E-state index in [0.29, 0.717) is 18.1 Å². The van der Waals surface area contributed by atoms with E-state index >= 15 is 0 Å². The summed E-state index contributed by atoms with van der Waals surface area (Å²) in [7, 11) is 1.76. The van der Waals surface area contributed by atoms with Crippen LogP contribution in [0.1, 0.15) is 19.3 Å². The van der Waals surface area contributed by atoms with Crippen molar-refractivity contribution in [2.45, 2.75) is 31.4 Å². The normalized spacial score (nSPS) is 25.5. The molecule has 82 valence electrons. The SMILES string of the molecule is COC1CCCC1Nc1ncc(I)cn1. The van der Waals surface area contributed by atoms with Gasteiger partial charge in [0.25, 0.3) is 0 Å². The number of halogens is 1. The van der Waals surface area contributed by atoms with E-state index in [2.05, 4.69) is 37.9 Å². The van der Waals surface area contributed by atoms with Crippen LogP contribution >= 0.6 is 22.6 Å². The highest BCUT2D eigenvalue weighted by atomic mass is 127. The Morgan fingerprint density at radius 1 is 1.40 bits per heavy atom. The van der Waals surface area contributed by atoms with Crippen LogP contribution in [0, 0.1) is 3.57 Å². The topological polar surface area (TPSA) is 47.0 Å². The monoisotopic (exact) mass is 319 g/mol. The molecular weight excluding hydrogens is 305 g/mol. The standard InChI is InChI=1S/C10H14IN3O/c1-15-9-4-2-3-8(9)14-10-12-5-7(11)6-13-10/h5-6,8-9H,2-4H2,1H3,(H,12,13,14). The molecule has 0 amide bonds. The molecule has 2 unspecified atom stereocenters. The summed E-state index contributed by atoms with van der Waals surface area (Å²) in [6, 6.07) is 0.357. The average Bonchev–Trinajstić information content (AvgIpc) is 2.69. The number of rotatable bonds is 3. The van der Waals surface area contributed by atoms with Gasteiger partial charge in [-0.2, -0.15) is 0 Å². The Labute approximate surface area is 103 Å². The predicted octanol–water partition coefficient (Wildman–Crippen LogP) is 2.06. The fourth-order valence-corrected chi connectivity index (χ4v) is 2.20. The van der Waals surface area contributed by atoms with Crippen molar-refractivity contribution in [1.82, 2.24) is 9.97 Å². The van der Waals surface area contributed by atoms with Gasteiger partial charge in [-0.3, -0.25) is 0 Å². The third-order valence-corrected chi connectivity index (χ3v) is 3.25. The summed E-state index contributed by atoms with van der Waals surface area (Å²) in [6.45, 7) is 0. The molecule has 15 heavy (non-hydrogen) atoms. The maximum absolute atomic E-state index is 5.40. The van der Waals surface area contributed by atoms with Gasteiger partial charge in [-0.25, -0.2) is 9.97 Å². The number of aromatic nitrogens is 2. The largest absolute Gasteiger partial charge is 0.379 e. The van der Waals surface area contributed by atoms with Crippen LogP contribution in [-0.2, 0) is 4.74 Å². The van der Waals surface area contributed by atoms with Crippen LogP contribution in [0.3, 0.4) is 0 Å². The zero-order valence-electron chi connectivity index (χ0n) is 8.61. The second kappa shape index (κ2) is 5.07. The molecular formula is C10H14IN3O.